The summed E-state index contributed by atoms with van der Waals surface area (Å²) in [6.07, 6.45) is 0.993. The molecule has 2 rings (SSSR count). The molecule has 19 heavy (non-hydrogen) atoms. The summed E-state index contributed by atoms with van der Waals surface area (Å²) in [6.45, 7) is 6.93. The van der Waals surface area contributed by atoms with E-state index in [4.69, 9.17) is 0 Å². The van der Waals surface area contributed by atoms with E-state index in [9.17, 15) is 5.11 Å². The van der Waals surface area contributed by atoms with Crippen LogP contribution in [0, 0.1) is 0 Å². The van der Waals surface area contributed by atoms with Gasteiger partial charge < -0.3 is 15.7 Å². The van der Waals surface area contributed by atoms with Gasteiger partial charge in [-0.15, -0.1) is 11.3 Å². The molecule has 0 aliphatic rings. The summed E-state index contributed by atoms with van der Waals surface area (Å²) in [5.74, 6) is 1.42. The van der Waals surface area contributed by atoms with Crippen LogP contribution in [0.1, 0.15) is 25.6 Å². The van der Waals surface area contributed by atoms with Crippen LogP contribution in [0.25, 0.3) is 10.2 Å². The summed E-state index contributed by atoms with van der Waals surface area (Å²) in [6, 6.07) is 2.10. The highest BCUT2D eigenvalue weighted by molar-refractivity contribution is 7.18. The van der Waals surface area contributed by atoms with Gasteiger partial charge in [-0.3, -0.25) is 0 Å². The minimum atomic E-state index is -0.0300. The van der Waals surface area contributed by atoms with Crippen LogP contribution in [0.3, 0.4) is 0 Å². The quantitative estimate of drug-likeness (QED) is 0.758. The van der Waals surface area contributed by atoms with Gasteiger partial charge in [0.15, 0.2) is 0 Å². The molecule has 6 heteroatoms. The lowest BCUT2D eigenvalue weighted by Crippen LogP contribution is -2.20. The van der Waals surface area contributed by atoms with Gasteiger partial charge in [0.25, 0.3) is 0 Å². The number of anilines is 2. The van der Waals surface area contributed by atoms with Crippen LogP contribution in [-0.2, 0) is 6.42 Å². The molecule has 0 spiro atoms. The molecule has 104 valence electrons. The fraction of sp³-hybridized carbons (Fsp3) is 0.538. The smallest absolute Gasteiger partial charge is 0.226 e. The molecule has 5 nitrogen and oxygen atoms in total. The van der Waals surface area contributed by atoms with Crippen LogP contribution >= 0.6 is 11.3 Å². The van der Waals surface area contributed by atoms with Crippen LogP contribution in [0.2, 0.25) is 0 Å². The number of aromatic nitrogens is 2. The Kier molecular flexibility index (Phi) is 4.55. The van der Waals surface area contributed by atoms with Crippen LogP contribution in [0.15, 0.2) is 6.07 Å². The van der Waals surface area contributed by atoms with E-state index >= 15 is 0 Å². The van der Waals surface area contributed by atoms with Gasteiger partial charge in [0, 0.05) is 17.5 Å². The molecule has 2 aromatic rings. The van der Waals surface area contributed by atoms with E-state index in [1.165, 1.54) is 4.88 Å². The largest absolute Gasteiger partial charge is 0.394 e. The first-order valence-corrected chi connectivity index (χ1v) is 7.41. The second-order valence-corrected chi connectivity index (χ2v) is 5.55. The average molecular weight is 280 g/mol. The summed E-state index contributed by atoms with van der Waals surface area (Å²) < 4.78 is 0. The zero-order valence-corrected chi connectivity index (χ0v) is 12.3. The average Bonchev–Trinajstić information content (AvgIpc) is 2.82. The van der Waals surface area contributed by atoms with Crippen molar-refractivity contribution >= 4 is 33.3 Å². The fourth-order valence-corrected chi connectivity index (χ4v) is 2.74. The first-order chi connectivity index (χ1) is 9.17. The highest BCUT2D eigenvalue weighted by Crippen LogP contribution is 2.30. The van der Waals surface area contributed by atoms with Gasteiger partial charge in [0.1, 0.15) is 10.6 Å². The van der Waals surface area contributed by atoms with Crippen molar-refractivity contribution in [3.8, 4) is 0 Å². The van der Waals surface area contributed by atoms with Gasteiger partial charge in [-0.05, 0) is 26.3 Å². The van der Waals surface area contributed by atoms with Crippen LogP contribution in [-0.4, -0.2) is 34.3 Å². The molecule has 1 unspecified atom stereocenters. The molecular formula is C13H20N4OS. The molecule has 0 amide bonds. The maximum atomic E-state index is 9.17. The highest BCUT2D eigenvalue weighted by Gasteiger charge is 2.12. The molecule has 0 radical (unpaired) electrons. The van der Waals surface area contributed by atoms with Crippen molar-refractivity contribution in [1.82, 2.24) is 9.97 Å². The minimum Gasteiger partial charge on any atom is -0.394 e. The number of nitrogens with one attached hydrogen (secondary N) is 2. The Balaban J connectivity index is 2.46. The Hall–Kier alpha value is -1.40. The van der Waals surface area contributed by atoms with Crippen molar-refractivity contribution in [1.29, 1.82) is 0 Å². The topological polar surface area (TPSA) is 70.1 Å². The number of fused-ring (bicyclic) bond motifs is 1. The van der Waals surface area contributed by atoms with Gasteiger partial charge >= 0.3 is 0 Å². The van der Waals surface area contributed by atoms with Gasteiger partial charge in [-0.25, -0.2) is 4.98 Å². The number of aryl methyl sites for hydroxylation is 1. The monoisotopic (exact) mass is 280 g/mol. The molecule has 0 fully saturated rings. The van der Waals surface area contributed by atoms with Crippen molar-refractivity contribution in [2.75, 3.05) is 23.8 Å². The summed E-state index contributed by atoms with van der Waals surface area (Å²) >= 11 is 1.69. The van der Waals surface area contributed by atoms with E-state index in [0.29, 0.717) is 5.95 Å². The Bertz CT molecular complexity index is 555. The third-order valence-corrected chi connectivity index (χ3v) is 3.96. The second kappa shape index (κ2) is 6.16. The predicted molar refractivity (Wildman–Crippen MR) is 81.1 cm³/mol. The van der Waals surface area contributed by atoms with Crippen LogP contribution in [0.4, 0.5) is 11.8 Å². The van der Waals surface area contributed by atoms with Crippen molar-refractivity contribution < 1.29 is 5.11 Å². The Labute approximate surface area is 117 Å². The van der Waals surface area contributed by atoms with Crippen molar-refractivity contribution in [3.63, 3.8) is 0 Å². The molecule has 0 aromatic carbocycles. The van der Waals surface area contributed by atoms with Crippen LogP contribution < -0.4 is 10.6 Å². The van der Waals surface area contributed by atoms with E-state index in [0.717, 1.165) is 29.0 Å². The number of hydrogen-bond donors (Lipinski definition) is 3. The lowest BCUT2D eigenvalue weighted by molar-refractivity contribution is 0.281. The van der Waals surface area contributed by atoms with Crippen LogP contribution in [0.5, 0.6) is 0 Å². The molecule has 0 aliphatic carbocycles. The standard InChI is InChI=1S/C13H20N4OS/c1-4-9-6-10-11(15-8(3)7-18)16-13(14-5-2)17-12(10)19-9/h6,8,18H,4-5,7H2,1-3H3,(H2,14,15,16,17). The fourth-order valence-electron chi connectivity index (χ4n) is 1.77. The highest BCUT2D eigenvalue weighted by atomic mass is 32.1. The molecule has 3 N–H and O–H groups in total. The minimum absolute atomic E-state index is 0.0300. The molecule has 0 aliphatic heterocycles. The van der Waals surface area contributed by atoms with E-state index < -0.39 is 0 Å². The number of aliphatic hydroxyl groups excluding tert-OH is 1. The van der Waals surface area contributed by atoms with E-state index in [1.807, 2.05) is 13.8 Å². The summed E-state index contributed by atoms with van der Waals surface area (Å²) in [5, 5.41) is 16.6. The molecule has 0 saturated carbocycles. The SMILES string of the molecule is CCNc1nc(NC(C)CO)c2cc(CC)sc2n1. The first-order valence-electron chi connectivity index (χ1n) is 6.59. The molecule has 1 atom stereocenters. The third kappa shape index (κ3) is 3.13. The van der Waals surface area contributed by atoms with Crippen molar-refractivity contribution in [2.45, 2.75) is 33.2 Å². The molecule has 0 saturated heterocycles. The Morgan fingerprint density at radius 3 is 2.79 bits per heavy atom. The number of rotatable bonds is 6. The maximum Gasteiger partial charge on any atom is 0.226 e. The maximum absolute atomic E-state index is 9.17. The normalized spacial score (nSPS) is 12.6. The summed E-state index contributed by atoms with van der Waals surface area (Å²) in [5.41, 5.74) is 0. The van der Waals surface area contributed by atoms with E-state index in [1.54, 1.807) is 11.3 Å². The Morgan fingerprint density at radius 2 is 2.16 bits per heavy atom. The zero-order chi connectivity index (χ0) is 13.8. The summed E-state index contributed by atoms with van der Waals surface area (Å²) in [4.78, 5) is 11.3. The molecule has 2 heterocycles. The number of aliphatic hydroxyl groups is 1. The van der Waals surface area contributed by atoms with E-state index in [-0.39, 0.29) is 12.6 Å². The molecule has 2 aromatic heterocycles. The van der Waals surface area contributed by atoms with Crippen molar-refractivity contribution in [3.05, 3.63) is 10.9 Å². The van der Waals surface area contributed by atoms with Crippen molar-refractivity contribution in [2.24, 2.45) is 0 Å². The number of nitrogens with zero attached hydrogens (tertiary/aromatic N) is 2. The van der Waals surface area contributed by atoms with E-state index in [2.05, 4.69) is 33.6 Å². The zero-order valence-electron chi connectivity index (χ0n) is 11.5. The Morgan fingerprint density at radius 1 is 1.37 bits per heavy atom. The summed E-state index contributed by atoms with van der Waals surface area (Å²) in [7, 11) is 0. The lowest BCUT2D eigenvalue weighted by atomic mass is 10.3. The van der Waals surface area contributed by atoms with Gasteiger partial charge in [0.05, 0.1) is 12.0 Å². The molecule has 0 bridgehead atoms. The lowest BCUT2D eigenvalue weighted by Gasteiger charge is -2.13. The predicted octanol–water partition coefficient (Wildman–Crippen LogP) is 2.48. The first kappa shape index (κ1) is 14.0. The molecular weight excluding hydrogens is 260 g/mol. The second-order valence-electron chi connectivity index (χ2n) is 4.44. The van der Waals surface area contributed by atoms with Gasteiger partial charge in [0.2, 0.25) is 5.95 Å². The van der Waals surface area contributed by atoms with Gasteiger partial charge in [-0.2, -0.15) is 4.98 Å². The van der Waals surface area contributed by atoms with Gasteiger partial charge in [-0.1, -0.05) is 6.92 Å². The third-order valence-electron chi connectivity index (χ3n) is 2.78. The number of hydrogen-bond acceptors (Lipinski definition) is 6. The number of thiophene rings is 1.